The summed E-state index contributed by atoms with van der Waals surface area (Å²) in [5.41, 5.74) is 2.85. The molecule has 110 valence electrons. The minimum absolute atomic E-state index is 0.171. The van der Waals surface area contributed by atoms with Crippen LogP contribution in [0.3, 0.4) is 0 Å². The highest BCUT2D eigenvalue weighted by molar-refractivity contribution is 5.25. The molecule has 1 N–H and O–H groups in total. The van der Waals surface area contributed by atoms with Crippen molar-refractivity contribution in [1.82, 2.24) is 9.88 Å². The number of nitrogens with one attached hydrogen (secondary N) is 1. The van der Waals surface area contributed by atoms with Crippen LogP contribution in [0.1, 0.15) is 49.8 Å². The fourth-order valence-electron chi connectivity index (χ4n) is 3.77. The maximum Gasteiger partial charge on any atom is 0.250 e. The molecule has 1 fully saturated rings. The fraction of sp³-hybridized carbons (Fsp3) is 0.706. The lowest BCUT2D eigenvalue weighted by Crippen LogP contribution is -2.31. The summed E-state index contributed by atoms with van der Waals surface area (Å²) in [6.07, 6.45) is 10.4. The van der Waals surface area contributed by atoms with Crippen LogP contribution in [0.25, 0.3) is 0 Å². The molecule has 0 amide bonds. The molecule has 0 spiro atoms. The molecule has 3 nitrogen and oxygen atoms in total. The lowest BCUT2D eigenvalue weighted by molar-refractivity contribution is 0.340. The molecule has 0 saturated heterocycles. The molecule has 3 heteroatoms. The minimum Gasteiger partial charge on any atom is -0.315 e. The second kappa shape index (κ2) is 6.57. The smallest absolute Gasteiger partial charge is 0.250 e. The van der Waals surface area contributed by atoms with Gasteiger partial charge in [-0.05, 0) is 50.1 Å². The third kappa shape index (κ3) is 3.14. The Morgan fingerprint density at radius 1 is 1.10 bits per heavy atom. The largest absolute Gasteiger partial charge is 0.315 e. The van der Waals surface area contributed by atoms with Gasteiger partial charge in [0.1, 0.15) is 0 Å². The summed E-state index contributed by atoms with van der Waals surface area (Å²) in [4.78, 5) is 12.0. The third-order valence-corrected chi connectivity index (χ3v) is 4.92. The van der Waals surface area contributed by atoms with Crippen LogP contribution in [-0.4, -0.2) is 17.7 Å². The molecule has 0 unspecified atom stereocenters. The van der Waals surface area contributed by atoms with Crippen LogP contribution in [0.2, 0.25) is 0 Å². The first-order valence-corrected chi connectivity index (χ1v) is 8.27. The normalized spacial score (nSPS) is 19.2. The molecule has 0 bridgehead atoms. The van der Waals surface area contributed by atoms with Gasteiger partial charge in [-0.25, -0.2) is 0 Å². The topological polar surface area (TPSA) is 34.0 Å². The van der Waals surface area contributed by atoms with Crippen LogP contribution in [-0.2, 0) is 19.4 Å². The Morgan fingerprint density at radius 2 is 1.95 bits per heavy atom. The molecule has 3 rings (SSSR count). The van der Waals surface area contributed by atoms with Crippen molar-refractivity contribution in [3.63, 3.8) is 0 Å². The van der Waals surface area contributed by atoms with Crippen molar-refractivity contribution in [1.29, 1.82) is 0 Å². The van der Waals surface area contributed by atoms with Gasteiger partial charge < -0.3 is 9.88 Å². The first-order valence-electron chi connectivity index (χ1n) is 8.27. The van der Waals surface area contributed by atoms with Gasteiger partial charge >= 0.3 is 0 Å². The van der Waals surface area contributed by atoms with Crippen LogP contribution in [0.15, 0.2) is 16.9 Å². The minimum atomic E-state index is 0.171. The van der Waals surface area contributed by atoms with Crippen molar-refractivity contribution in [2.75, 3.05) is 13.1 Å². The summed E-state index contributed by atoms with van der Waals surface area (Å²) in [5.74, 6) is 0.863. The molecular weight excluding hydrogens is 248 g/mol. The van der Waals surface area contributed by atoms with Gasteiger partial charge in [0.25, 0.3) is 5.56 Å². The third-order valence-electron chi connectivity index (χ3n) is 4.92. The fourth-order valence-corrected chi connectivity index (χ4v) is 3.77. The van der Waals surface area contributed by atoms with E-state index in [-0.39, 0.29) is 5.56 Å². The van der Waals surface area contributed by atoms with Crippen LogP contribution in [0.4, 0.5) is 0 Å². The van der Waals surface area contributed by atoms with Crippen LogP contribution >= 0.6 is 0 Å². The van der Waals surface area contributed by atoms with Crippen LogP contribution < -0.4 is 10.9 Å². The molecule has 0 aliphatic heterocycles. The molecule has 1 aromatic heterocycles. The number of pyridine rings is 1. The van der Waals surface area contributed by atoms with Gasteiger partial charge in [0.2, 0.25) is 0 Å². The Hall–Kier alpha value is -1.09. The lowest BCUT2D eigenvalue weighted by Gasteiger charge is -2.22. The van der Waals surface area contributed by atoms with Crippen molar-refractivity contribution in [3.8, 4) is 0 Å². The Kier molecular flexibility index (Phi) is 4.56. The SMILES string of the molecule is O=c1ccc2c(n1CCNCC1CCCCC1)CCC2. The molecule has 2 aliphatic rings. The second-order valence-electron chi connectivity index (χ2n) is 6.36. The van der Waals surface area contributed by atoms with E-state index in [0.717, 1.165) is 38.4 Å². The van der Waals surface area contributed by atoms with Crippen LogP contribution in [0.5, 0.6) is 0 Å². The van der Waals surface area contributed by atoms with E-state index in [1.54, 1.807) is 6.07 Å². The Balaban J connectivity index is 1.51. The molecule has 2 aliphatic carbocycles. The summed E-state index contributed by atoms with van der Waals surface area (Å²) in [6, 6.07) is 3.77. The first-order chi connectivity index (χ1) is 9.84. The van der Waals surface area contributed by atoms with Crippen LogP contribution in [0, 0.1) is 5.92 Å². The van der Waals surface area contributed by atoms with E-state index in [1.807, 2.05) is 10.6 Å². The van der Waals surface area contributed by atoms with Gasteiger partial charge in [-0.15, -0.1) is 0 Å². The molecule has 0 radical (unpaired) electrons. The number of aromatic nitrogens is 1. The van der Waals surface area contributed by atoms with Crippen molar-refractivity contribution in [2.45, 2.75) is 57.9 Å². The zero-order chi connectivity index (χ0) is 13.8. The molecular formula is C17H26N2O. The van der Waals surface area contributed by atoms with Gasteiger partial charge in [-0.3, -0.25) is 4.79 Å². The lowest BCUT2D eigenvalue weighted by atomic mass is 9.89. The van der Waals surface area contributed by atoms with E-state index < -0.39 is 0 Å². The predicted octanol–water partition coefficient (Wildman–Crippen LogP) is 2.51. The Labute approximate surface area is 121 Å². The van der Waals surface area contributed by atoms with Gasteiger partial charge in [-0.2, -0.15) is 0 Å². The van der Waals surface area contributed by atoms with Gasteiger partial charge in [0.15, 0.2) is 0 Å². The van der Waals surface area contributed by atoms with Crippen molar-refractivity contribution in [2.24, 2.45) is 5.92 Å². The molecule has 1 aromatic rings. The van der Waals surface area contributed by atoms with E-state index in [9.17, 15) is 4.79 Å². The molecule has 0 aromatic carbocycles. The number of aryl methyl sites for hydroxylation is 1. The maximum absolute atomic E-state index is 12.0. The van der Waals surface area contributed by atoms with E-state index in [0.29, 0.717) is 0 Å². The van der Waals surface area contributed by atoms with E-state index in [4.69, 9.17) is 0 Å². The first kappa shape index (κ1) is 13.9. The van der Waals surface area contributed by atoms with E-state index in [1.165, 1.54) is 49.8 Å². The number of hydrogen-bond acceptors (Lipinski definition) is 2. The average molecular weight is 274 g/mol. The summed E-state index contributed by atoms with van der Waals surface area (Å²) >= 11 is 0. The quantitative estimate of drug-likeness (QED) is 0.837. The highest BCUT2D eigenvalue weighted by Crippen LogP contribution is 2.22. The molecule has 1 heterocycles. The summed E-state index contributed by atoms with van der Waals surface area (Å²) in [5, 5.41) is 3.56. The van der Waals surface area contributed by atoms with Crippen molar-refractivity contribution >= 4 is 0 Å². The number of hydrogen-bond donors (Lipinski definition) is 1. The second-order valence-corrected chi connectivity index (χ2v) is 6.36. The standard InChI is InChI=1S/C17H26N2O/c20-17-10-9-15-7-4-8-16(15)19(17)12-11-18-13-14-5-2-1-3-6-14/h9-10,14,18H,1-8,11-13H2. The predicted molar refractivity (Wildman–Crippen MR) is 82.2 cm³/mol. The number of fused-ring (bicyclic) bond motifs is 1. The Bertz CT molecular complexity index is 500. The van der Waals surface area contributed by atoms with E-state index in [2.05, 4.69) is 5.32 Å². The molecule has 20 heavy (non-hydrogen) atoms. The summed E-state index contributed by atoms with van der Waals surface area (Å²) in [7, 11) is 0. The summed E-state index contributed by atoms with van der Waals surface area (Å²) in [6.45, 7) is 2.88. The van der Waals surface area contributed by atoms with Gasteiger partial charge in [0.05, 0.1) is 0 Å². The highest BCUT2D eigenvalue weighted by atomic mass is 16.1. The van der Waals surface area contributed by atoms with Crippen molar-refractivity contribution in [3.05, 3.63) is 33.7 Å². The average Bonchev–Trinajstić information content (AvgIpc) is 2.95. The number of nitrogens with zero attached hydrogens (tertiary/aromatic N) is 1. The monoisotopic (exact) mass is 274 g/mol. The zero-order valence-electron chi connectivity index (χ0n) is 12.4. The van der Waals surface area contributed by atoms with Gasteiger partial charge in [0, 0.05) is 24.8 Å². The zero-order valence-corrected chi connectivity index (χ0v) is 12.4. The maximum atomic E-state index is 12.0. The van der Waals surface area contributed by atoms with E-state index >= 15 is 0 Å². The van der Waals surface area contributed by atoms with Crippen molar-refractivity contribution < 1.29 is 0 Å². The van der Waals surface area contributed by atoms with Gasteiger partial charge in [-0.1, -0.05) is 25.3 Å². The summed E-state index contributed by atoms with van der Waals surface area (Å²) < 4.78 is 2.00. The molecule has 0 atom stereocenters. The Morgan fingerprint density at radius 3 is 2.80 bits per heavy atom. The highest BCUT2D eigenvalue weighted by Gasteiger charge is 2.16. The molecule has 1 saturated carbocycles. The number of rotatable bonds is 5.